The molecule has 234 valence electrons. The fourth-order valence-corrected chi connectivity index (χ4v) is 8.31. The zero-order chi connectivity index (χ0) is 32.3. The molecule has 1 amide bonds. The number of hydrogen-bond donors (Lipinski definition) is 1. The summed E-state index contributed by atoms with van der Waals surface area (Å²) in [5.41, 5.74) is -2.19. The molecular weight excluding hydrogens is 534 g/mol. The lowest BCUT2D eigenvalue weighted by Crippen LogP contribution is -2.60. The van der Waals surface area contributed by atoms with Crippen molar-refractivity contribution in [3.63, 3.8) is 0 Å². The fraction of sp³-hybridized carbons (Fsp3) is 0.771. The normalized spacial score (nSPS) is 34.3. The minimum atomic E-state index is -3.50. The molecule has 0 spiro atoms. The highest BCUT2D eigenvalue weighted by Crippen LogP contribution is 2.69. The summed E-state index contributed by atoms with van der Waals surface area (Å²) in [6.45, 7) is 21.0. The Balaban J connectivity index is 2.07. The maximum Gasteiger partial charge on any atom is 0.321 e. The first-order chi connectivity index (χ1) is 18.9. The molecule has 1 fully saturated rings. The summed E-state index contributed by atoms with van der Waals surface area (Å²) in [6, 6.07) is 2.12. The van der Waals surface area contributed by atoms with Crippen molar-refractivity contribution < 1.29 is 23.2 Å². The third kappa shape index (κ3) is 5.52. The van der Waals surface area contributed by atoms with Crippen LogP contribution in [0.1, 0.15) is 121 Å². The number of ketones is 2. The summed E-state index contributed by atoms with van der Waals surface area (Å²) in [6.07, 6.45) is 8.31. The summed E-state index contributed by atoms with van der Waals surface area (Å²) in [4.78, 5) is 39.5. The number of hydrogen-bond acceptors (Lipinski definition) is 4. The average Bonchev–Trinajstić information content (AvgIpc) is 2.88. The Bertz CT molecular complexity index is 1250. The molecule has 3 aliphatic carbocycles. The van der Waals surface area contributed by atoms with Gasteiger partial charge in [0, 0.05) is 29.2 Å². The van der Waals surface area contributed by atoms with Crippen molar-refractivity contribution in [1.29, 1.82) is 5.26 Å². The predicted molar refractivity (Wildman–Crippen MR) is 161 cm³/mol. The number of nitrogens with zero attached hydrogens (tertiary/aromatic N) is 1. The zero-order valence-corrected chi connectivity index (χ0v) is 27.7. The summed E-state index contributed by atoms with van der Waals surface area (Å²) in [5, 5.41) is 12.6. The lowest BCUT2D eigenvalue weighted by Gasteiger charge is -2.64. The molecular formula is C35H52F2N2O3. The van der Waals surface area contributed by atoms with Crippen LogP contribution in [0, 0.1) is 50.2 Å². The number of carbonyl (C=O) groups is 3. The Labute approximate surface area is 252 Å². The fourth-order valence-electron chi connectivity index (χ4n) is 8.31. The van der Waals surface area contributed by atoms with Crippen LogP contribution in [-0.2, 0) is 14.4 Å². The third-order valence-electron chi connectivity index (χ3n) is 12.3. The van der Waals surface area contributed by atoms with Crippen LogP contribution in [0.15, 0.2) is 23.3 Å². The van der Waals surface area contributed by atoms with Gasteiger partial charge in [-0.3, -0.25) is 14.4 Å². The molecule has 5 nitrogen and oxygen atoms in total. The average molecular weight is 587 g/mol. The molecule has 7 heteroatoms. The minimum Gasteiger partial charge on any atom is -0.346 e. The minimum absolute atomic E-state index is 0.00594. The molecule has 0 aromatic rings. The third-order valence-corrected chi connectivity index (χ3v) is 12.3. The smallest absolute Gasteiger partial charge is 0.321 e. The summed E-state index contributed by atoms with van der Waals surface area (Å²) >= 11 is 0. The molecule has 1 unspecified atom stereocenters. The van der Waals surface area contributed by atoms with Crippen LogP contribution in [0.2, 0.25) is 0 Å². The van der Waals surface area contributed by atoms with Crippen molar-refractivity contribution in [2.45, 2.75) is 133 Å². The quantitative estimate of drug-likeness (QED) is 0.295. The molecule has 0 aromatic carbocycles. The van der Waals surface area contributed by atoms with Crippen LogP contribution in [0.4, 0.5) is 8.78 Å². The number of rotatable bonds is 9. The Kier molecular flexibility index (Phi) is 8.67. The lowest BCUT2D eigenvalue weighted by molar-refractivity contribution is -0.146. The maximum atomic E-state index is 14.1. The van der Waals surface area contributed by atoms with Gasteiger partial charge in [-0.15, -0.1) is 0 Å². The number of nitriles is 1. The molecule has 42 heavy (non-hydrogen) atoms. The van der Waals surface area contributed by atoms with Gasteiger partial charge in [-0.05, 0) is 73.7 Å². The van der Waals surface area contributed by atoms with E-state index in [2.05, 4.69) is 52.9 Å². The largest absolute Gasteiger partial charge is 0.346 e. The number of halogens is 2. The van der Waals surface area contributed by atoms with E-state index in [0.29, 0.717) is 26.2 Å². The number of allylic oxidation sites excluding steroid dienone is 4. The number of fused-ring (bicyclic) bond motifs is 3. The van der Waals surface area contributed by atoms with Crippen molar-refractivity contribution in [2.75, 3.05) is 0 Å². The molecule has 0 aromatic heterocycles. The van der Waals surface area contributed by atoms with Gasteiger partial charge in [-0.25, -0.2) is 0 Å². The van der Waals surface area contributed by atoms with E-state index in [0.717, 1.165) is 31.3 Å². The van der Waals surface area contributed by atoms with Crippen molar-refractivity contribution in [2.24, 2.45) is 38.9 Å². The molecule has 3 rings (SSSR count). The zero-order valence-electron chi connectivity index (χ0n) is 27.7. The Morgan fingerprint density at radius 3 is 2.19 bits per heavy atom. The molecule has 6 atom stereocenters. The number of Topliss-reactive ketones (excluding diaryl/α,β-unsaturated/α-hetero) is 1. The standard InChI is InChI=1S/C35H52F2N2O3/c1-12-29(3,4)15-16-31(7,39-28(42)35(11,36)37)17-18-33(9)22(2)24(40)19-26-32(8)20-23(21-38)27(41)30(5,6)25(32)13-14-34(26,33)10/h19-20,22,25H,12-18H2,1-11H3,(H,39,42)/t22?,25-,31-,32-,33+,34+/m0/s1. The van der Waals surface area contributed by atoms with Gasteiger partial charge in [0.2, 0.25) is 0 Å². The number of alkyl halides is 2. The first kappa shape index (κ1) is 34.1. The highest BCUT2D eigenvalue weighted by Gasteiger charge is 2.64. The van der Waals surface area contributed by atoms with Crippen LogP contribution in [0.5, 0.6) is 0 Å². The van der Waals surface area contributed by atoms with Crippen LogP contribution in [0.3, 0.4) is 0 Å². The second-order valence-corrected chi connectivity index (χ2v) is 15.9. The molecule has 0 saturated heterocycles. The van der Waals surface area contributed by atoms with E-state index in [-0.39, 0.29) is 34.4 Å². The van der Waals surface area contributed by atoms with Crippen molar-refractivity contribution >= 4 is 17.5 Å². The highest BCUT2D eigenvalue weighted by atomic mass is 19.3. The molecule has 0 aliphatic heterocycles. The monoisotopic (exact) mass is 586 g/mol. The van der Waals surface area contributed by atoms with Gasteiger partial charge in [0.25, 0.3) is 5.91 Å². The van der Waals surface area contributed by atoms with Gasteiger partial charge in [0.15, 0.2) is 11.6 Å². The van der Waals surface area contributed by atoms with Crippen molar-refractivity contribution in [1.82, 2.24) is 5.32 Å². The second kappa shape index (κ2) is 10.7. The Morgan fingerprint density at radius 2 is 1.67 bits per heavy atom. The molecule has 0 heterocycles. The second-order valence-electron chi connectivity index (χ2n) is 15.9. The van der Waals surface area contributed by atoms with E-state index >= 15 is 0 Å². The summed E-state index contributed by atoms with van der Waals surface area (Å²) in [5.74, 6) is -5.31. The van der Waals surface area contributed by atoms with Crippen LogP contribution < -0.4 is 5.32 Å². The van der Waals surface area contributed by atoms with Crippen LogP contribution in [0.25, 0.3) is 0 Å². The molecule has 0 radical (unpaired) electrons. The predicted octanol–water partition coefficient (Wildman–Crippen LogP) is 8.15. The number of nitrogens with one attached hydrogen (secondary N) is 1. The van der Waals surface area contributed by atoms with E-state index in [1.54, 1.807) is 12.2 Å². The first-order valence-electron chi connectivity index (χ1n) is 15.6. The maximum absolute atomic E-state index is 14.1. The van der Waals surface area contributed by atoms with E-state index in [1.165, 1.54) is 0 Å². The summed E-state index contributed by atoms with van der Waals surface area (Å²) in [7, 11) is 0. The van der Waals surface area contributed by atoms with Gasteiger partial charge in [0.1, 0.15) is 6.07 Å². The topological polar surface area (TPSA) is 87.0 Å². The molecule has 1 saturated carbocycles. The van der Waals surface area contributed by atoms with E-state index in [9.17, 15) is 28.4 Å². The van der Waals surface area contributed by atoms with Crippen LogP contribution >= 0.6 is 0 Å². The number of carbonyl (C=O) groups excluding carboxylic acids is 3. The first-order valence-corrected chi connectivity index (χ1v) is 15.6. The Morgan fingerprint density at radius 1 is 1.07 bits per heavy atom. The Hall–Kier alpha value is -2.36. The van der Waals surface area contributed by atoms with Crippen molar-refractivity contribution in [3.05, 3.63) is 23.3 Å². The van der Waals surface area contributed by atoms with Gasteiger partial charge < -0.3 is 5.32 Å². The van der Waals surface area contributed by atoms with Crippen LogP contribution in [-0.4, -0.2) is 28.9 Å². The van der Waals surface area contributed by atoms with Gasteiger partial charge in [-0.1, -0.05) is 80.4 Å². The SMILES string of the molecule is CCC(C)(C)CC[C@@](C)(CC[C@]1(C)C(C)C(=O)C=C2[C@@]3(C)C=C(C#N)C(=O)C(C)(C)[C@@H]3CC[C@]21C)NC(=O)C(C)(F)F. The van der Waals surface area contributed by atoms with Crippen molar-refractivity contribution in [3.8, 4) is 6.07 Å². The molecule has 1 N–H and O–H groups in total. The molecule has 3 aliphatic rings. The highest BCUT2D eigenvalue weighted by molar-refractivity contribution is 6.04. The van der Waals surface area contributed by atoms with Gasteiger partial charge in [0.05, 0.1) is 5.57 Å². The number of amides is 1. The van der Waals surface area contributed by atoms with E-state index in [1.807, 2.05) is 27.7 Å². The van der Waals surface area contributed by atoms with Gasteiger partial charge in [-0.2, -0.15) is 14.0 Å². The van der Waals surface area contributed by atoms with E-state index in [4.69, 9.17) is 0 Å². The van der Waals surface area contributed by atoms with Gasteiger partial charge >= 0.3 is 5.92 Å². The van der Waals surface area contributed by atoms with E-state index < -0.39 is 39.0 Å². The molecule has 0 bridgehead atoms. The lowest BCUT2D eigenvalue weighted by atomic mass is 9.39. The summed E-state index contributed by atoms with van der Waals surface area (Å²) < 4.78 is 28.2.